The summed E-state index contributed by atoms with van der Waals surface area (Å²) in [4.78, 5) is 15.0. The van der Waals surface area contributed by atoms with Crippen molar-refractivity contribution in [3.63, 3.8) is 0 Å². The molecule has 0 radical (unpaired) electrons. The second kappa shape index (κ2) is 9.51. The molecule has 40 heavy (non-hydrogen) atoms. The van der Waals surface area contributed by atoms with Gasteiger partial charge in [0.15, 0.2) is 17.5 Å². The normalized spacial score (nSPS) is 11.9. The maximum absolute atomic E-state index is 5.05. The fraction of sp³-hybridized carbons (Fsp3) is 0.0833. The Morgan fingerprint density at radius 1 is 0.400 bits per heavy atom. The molecular formula is C36H29N3Si. The Bertz CT molecular complexity index is 2040. The summed E-state index contributed by atoms with van der Waals surface area (Å²) >= 11 is 0. The van der Waals surface area contributed by atoms with Crippen molar-refractivity contribution < 1.29 is 0 Å². The molecule has 0 saturated heterocycles. The molecule has 0 N–H and O–H groups in total. The molecule has 3 nitrogen and oxygen atoms in total. The van der Waals surface area contributed by atoms with Crippen molar-refractivity contribution in [2.24, 2.45) is 0 Å². The van der Waals surface area contributed by atoms with Gasteiger partial charge in [0, 0.05) is 16.7 Å². The SMILES string of the molecule is C[Si](C)(C)c1cccc(-c2nc(-c3ccccc3)nc(-c3ccc4ccc5c6ccccc6ccc5c4c3)n2)c1. The molecule has 0 spiro atoms. The number of benzene rings is 6. The standard InChI is InChI=1S/C36H29N3Si/c1-40(2,3)29-14-9-13-27(22-29)35-37-34(26-11-5-4-6-12-26)38-36(39-35)28-17-16-25-19-20-31-30-15-8-7-10-24(30)18-21-32(31)33(25)23-28/h4-23H,1-3H3. The van der Waals surface area contributed by atoms with Crippen LogP contribution >= 0.6 is 0 Å². The third-order valence-electron chi connectivity index (χ3n) is 7.66. The lowest BCUT2D eigenvalue weighted by Gasteiger charge is -2.17. The van der Waals surface area contributed by atoms with E-state index in [-0.39, 0.29) is 0 Å². The summed E-state index contributed by atoms with van der Waals surface area (Å²) in [5.74, 6) is 2.07. The second-order valence-electron chi connectivity index (χ2n) is 11.4. The highest BCUT2D eigenvalue weighted by atomic mass is 28.3. The number of aromatic nitrogens is 3. The zero-order valence-electron chi connectivity index (χ0n) is 22.9. The minimum atomic E-state index is -1.50. The molecule has 1 aromatic heterocycles. The number of hydrogen-bond donors (Lipinski definition) is 0. The van der Waals surface area contributed by atoms with Crippen molar-refractivity contribution in [3.05, 3.63) is 121 Å². The molecular weight excluding hydrogens is 503 g/mol. The van der Waals surface area contributed by atoms with Crippen molar-refractivity contribution in [3.8, 4) is 34.2 Å². The molecule has 192 valence electrons. The van der Waals surface area contributed by atoms with Crippen molar-refractivity contribution in [1.29, 1.82) is 0 Å². The first-order valence-electron chi connectivity index (χ1n) is 13.7. The quantitative estimate of drug-likeness (QED) is 0.168. The van der Waals surface area contributed by atoms with E-state index in [1.54, 1.807) is 0 Å². The Morgan fingerprint density at radius 2 is 0.950 bits per heavy atom. The van der Waals surface area contributed by atoms with Crippen molar-refractivity contribution in [2.75, 3.05) is 0 Å². The third-order valence-corrected chi connectivity index (χ3v) is 9.70. The van der Waals surface area contributed by atoms with Gasteiger partial charge in [-0.2, -0.15) is 0 Å². The van der Waals surface area contributed by atoms with Crippen LogP contribution in [0.25, 0.3) is 66.5 Å². The van der Waals surface area contributed by atoms with Gasteiger partial charge < -0.3 is 0 Å². The third kappa shape index (κ3) is 4.36. The van der Waals surface area contributed by atoms with Crippen molar-refractivity contribution in [1.82, 2.24) is 15.0 Å². The topological polar surface area (TPSA) is 38.7 Å². The first-order valence-corrected chi connectivity index (χ1v) is 17.2. The monoisotopic (exact) mass is 531 g/mol. The first kappa shape index (κ1) is 24.4. The number of rotatable bonds is 4. The zero-order chi connectivity index (χ0) is 27.3. The Hall–Kier alpha value is -4.67. The van der Waals surface area contributed by atoms with Crippen LogP contribution in [-0.2, 0) is 0 Å². The van der Waals surface area contributed by atoms with Crippen LogP contribution in [0.2, 0.25) is 19.6 Å². The molecule has 0 unspecified atom stereocenters. The fourth-order valence-electron chi connectivity index (χ4n) is 5.43. The Labute approximate surface area is 235 Å². The molecule has 0 bridgehead atoms. The van der Waals surface area contributed by atoms with Crippen LogP contribution in [0.15, 0.2) is 121 Å². The average Bonchev–Trinajstić information content (AvgIpc) is 3.00. The van der Waals surface area contributed by atoms with Crippen LogP contribution in [0, 0.1) is 0 Å². The molecule has 0 saturated carbocycles. The predicted molar refractivity (Wildman–Crippen MR) is 172 cm³/mol. The van der Waals surface area contributed by atoms with Crippen LogP contribution in [-0.4, -0.2) is 23.0 Å². The summed E-state index contributed by atoms with van der Waals surface area (Å²) in [6.45, 7) is 7.09. The maximum Gasteiger partial charge on any atom is 0.164 e. The average molecular weight is 532 g/mol. The highest BCUT2D eigenvalue weighted by molar-refractivity contribution is 6.88. The highest BCUT2D eigenvalue weighted by Crippen LogP contribution is 2.34. The van der Waals surface area contributed by atoms with Gasteiger partial charge in [-0.3, -0.25) is 0 Å². The van der Waals surface area contributed by atoms with E-state index in [1.807, 2.05) is 18.2 Å². The zero-order valence-corrected chi connectivity index (χ0v) is 23.9. The lowest BCUT2D eigenvalue weighted by molar-refractivity contribution is 1.07. The van der Waals surface area contributed by atoms with Gasteiger partial charge in [0.2, 0.25) is 0 Å². The summed E-state index contributed by atoms with van der Waals surface area (Å²) in [5, 5.41) is 8.80. The van der Waals surface area contributed by atoms with Gasteiger partial charge in [0.1, 0.15) is 0 Å². The van der Waals surface area contributed by atoms with E-state index in [4.69, 9.17) is 15.0 Å². The summed E-state index contributed by atoms with van der Waals surface area (Å²) < 4.78 is 0. The summed E-state index contributed by atoms with van der Waals surface area (Å²) in [7, 11) is -1.50. The molecule has 0 fully saturated rings. The molecule has 0 aliphatic carbocycles. The van der Waals surface area contributed by atoms with Crippen molar-refractivity contribution in [2.45, 2.75) is 19.6 Å². The molecule has 0 aliphatic rings. The van der Waals surface area contributed by atoms with E-state index in [0.29, 0.717) is 17.5 Å². The van der Waals surface area contributed by atoms with Crippen LogP contribution in [0.3, 0.4) is 0 Å². The van der Waals surface area contributed by atoms with Gasteiger partial charge in [0.25, 0.3) is 0 Å². The summed E-state index contributed by atoms with van der Waals surface area (Å²) in [6, 6.07) is 42.9. The first-order chi connectivity index (χ1) is 19.4. The molecule has 7 rings (SSSR count). The van der Waals surface area contributed by atoms with Crippen LogP contribution in [0.4, 0.5) is 0 Å². The van der Waals surface area contributed by atoms with Crippen LogP contribution < -0.4 is 5.19 Å². The van der Waals surface area contributed by atoms with Gasteiger partial charge >= 0.3 is 0 Å². The molecule has 7 aromatic rings. The highest BCUT2D eigenvalue weighted by Gasteiger charge is 2.18. The van der Waals surface area contributed by atoms with E-state index in [9.17, 15) is 0 Å². The molecule has 0 atom stereocenters. The largest absolute Gasteiger partial charge is 0.208 e. The smallest absolute Gasteiger partial charge is 0.164 e. The van der Waals surface area contributed by atoms with Gasteiger partial charge in [-0.15, -0.1) is 0 Å². The Balaban J connectivity index is 1.45. The van der Waals surface area contributed by atoms with E-state index < -0.39 is 8.07 Å². The minimum Gasteiger partial charge on any atom is -0.208 e. The predicted octanol–water partition coefficient (Wildman–Crippen LogP) is 8.88. The lowest BCUT2D eigenvalue weighted by Crippen LogP contribution is -2.37. The van der Waals surface area contributed by atoms with Crippen LogP contribution in [0.5, 0.6) is 0 Å². The maximum atomic E-state index is 5.05. The molecule has 0 aliphatic heterocycles. The summed E-state index contributed by atoms with van der Waals surface area (Å²) in [5.41, 5.74) is 2.99. The second-order valence-corrected chi connectivity index (χ2v) is 16.5. The van der Waals surface area contributed by atoms with Crippen LogP contribution in [0.1, 0.15) is 0 Å². The number of nitrogens with zero attached hydrogens (tertiary/aromatic N) is 3. The molecule has 6 aromatic carbocycles. The van der Waals surface area contributed by atoms with Gasteiger partial charge in [-0.1, -0.05) is 140 Å². The minimum absolute atomic E-state index is 0.682. The lowest BCUT2D eigenvalue weighted by atomic mass is 9.96. The number of hydrogen-bond acceptors (Lipinski definition) is 3. The van der Waals surface area contributed by atoms with Gasteiger partial charge in [0.05, 0.1) is 8.07 Å². The van der Waals surface area contributed by atoms with E-state index in [0.717, 1.165) is 16.7 Å². The van der Waals surface area contributed by atoms with Crippen molar-refractivity contribution >= 4 is 45.6 Å². The fourth-order valence-corrected chi connectivity index (χ4v) is 6.62. The van der Waals surface area contributed by atoms with Gasteiger partial charge in [-0.05, 0) is 38.4 Å². The van der Waals surface area contributed by atoms with E-state index >= 15 is 0 Å². The van der Waals surface area contributed by atoms with E-state index in [1.165, 1.54) is 37.5 Å². The molecule has 0 amide bonds. The molecule has 1 heterocycles. The Morgan fingerprint density at radius 3 is 1.68 bits per heavy atom. The Kier molecular flexibility index (Phi) is 5.79. The summed E-state index contributed by atoms with van der Waals surface area (Å²) in [6.07, 6.45) is 0. The van der Waals surface area contributed by atoms with E-state index in [2.05, 4.69) is 123 Å². The number of fused-ring (bicyclic) bond motifs is 5. The molecule has 4 heteroatoms. The van der Waals surface area contributed by atoms with Gasteiger partial charge in [-0.25, -0.2) is 15.0 Å².